The highest BCUT2D eigenvalue weighted by atomic mass is 19.4. The van der Waals surface area contributed by atoms with Crippen molar-refractivity contribution in [2.24, 2.45) is 11.8 Å². The maximum atomic E-state index is 13.2. The van der Waals surface area contributed by atoms with Gasteiger partial charge in [-0.2, -0.15) is 13.2 Å². The Balaban J connectivity index is 2.01. The molecule has 2 atom stereocenters. The largest absolute Gasteiger partial charge is 0.491 e. The summed E-state index contributed by atoms with van der Waals surface area (Å²) in [5.74, 6) is -0.774. The van der Waals surface area contributed by atoms with Gasteiger partial charge in [0.25, 0.3) is 0 Å². The lowest BCUT2D eigenvalue weighted by Crippen LogP contribution is -2.17. The van der Waals surface area contributed by atoms with Crippen molar-refractivity contribution in [3.05, 3.63) is 24.0 Å². The number of halogens is 4. The molecule has 1 amide bonds. The Kier molecular flexibility index (Phi) is 4.39. The van der Waals surface area contributed by atoms with Crippen molar-refractivity contribution in [1.82, 2.24) is 0 Å². The first-order chi connectivity index (χ1) is 9.76. The molecule has 0 radical (unpaired) electrons. The van der Waals surface area contributed by atoms with E-state index in [1.807, 2.05) is 6.92 Å². The molecule has 7 heteroatoms. The molecule has 0 bridgehead atoms. The third-order valence-corrected chi connectivity index (χ3v) is 3.29. The quantitative estimate of drug-likeness (QED) is 0.841. The van der Waals surface area contributed by atoms with E-state index in [0.717, 1.165) is 18.6 Å². The monoisotopic (exact) mass is 305 g/mol. The van der Waals surface area contributed by atoms with Gasteiger partial charge in [-0.15, -0.1) is 0 Å². The van der Waals surface area contributed by atoms with Gasteiger partial charge in [0, 0.05) is 12.0 Å². The molecule has 1 aliphatic rings. The average molecular weight is 305 g/mol. The first-order valence-corrected chi connectivity index (χ1v) is 6.56. The topological polar surface area (TPSA) is 38.3 Å². The molecule has 1 aliphatic carbocycles. The second-order valence-corrected chi connectivity index (χ2v) is 5.16. The van der Waals surface area contributed by atoms with Gasteiger partial charge in [0.2, 0.25) is 5.91 Å². The number of carbonyl (C=O) groups is 1. The van der Waals surface area contributed by atoms with E-state index in [9.17, 15) is 22.4 Å². The minimum Gasteiger partial charge on any atom is -0.491 e. The normalized spacial score (nSPS) is 21.0. The highest BCUT2D eigenvalue weighted by Gasteiger charge is 2.39. The van der Waals surface area contributed by atoms with Crippen LogP contribution in [0.5, 0.6) is 5.75 Å². The molecule has 1 saturated carbocycles. The molecule has 0 saturated heterocycles. The number of rotatable bonds is 5. The van der Waals surface area contributed by atoms with Crippen LogP contribution in [0.25, 0.3) is 0 Å². The first kappa shape index (κ1) is 15.6. The van der Waals surface area contributed by atoms with Crippen LogP contribution in [-0.2, 0) is 4.79 Å². The first-order valence-electron chi connectivity index (χ1n) is 6.56. The molecule has 0 aliphatic heterocycles. The maximum absolute atomic E-state index is 13.2. The number of anilines is 1. The summed E-state index contributed by atoms with van der Waals surface area (Å²) >= 11 is 0. The zero-order chi connectivity index (χ0) is 15.6. The van der Waals surface area contributed by atoms with E-state index in [2.05, 4.69) is 5.32 Å². The fourth-order valence-electron chi connectivity index (χ4n) is 1.91. The number of alkyl halides is 3. The van der Waals surface area contributed by atoms with Gasteiger partial charge in [0.1, 0.15) is 11.6 Å². The number of ether oxygens (including phenoxy) is 1. The van der Waals surface area contributed by atoms with E-state index in [1.165, 1.54) is 6.07 Å². The number of hydrogen-bond acceptors (Lipinski definition) is 2. The second kappa shape index (κ2) is 5.91. The Bertz CT molecular complexity index is 530. The third kappa shape index (κ3) is 4.61. The van der Waals surface area contributed by atoms with Gasteiger partial charge in [-0.05, 0) is 24.5 Å². The van der Waals surface area contributed by atoms with Crippen molar-refractivity contribution < 1.29 is 27.1 Å². The van der Waals surface area contributed by atoms with Crippen LogP contribution in [0.4, 0.5) is 23.2 Å². The zero-order valence-corrected chi connectivity index (χ0v) is 11.3. The minimum absolute atomic E-state index is 0.0964. The van der Waals surface area contributed by atoms with Gasteiger partial charge in [0.15, 0.2) is 0 Å². The van der Waals surface area contributed by atoms with Crippen molar-refractivity contribution in [3.8, 4) is 5.75 Å². The summed E-state index contributed by atoms with van der Waals surface area (Å²) < 4.78 is 54.4. The van der Waals surface area contributed by atoms with Gasteiger partial charge in [0.05, 0.1) is 18.7 Å². The molecular formula is C14H15F4NO2. The van der Waals surface area contributed by atoms with Crippen molar-refractivity contribution in [2.45, 2.75) is 25.9 Å². The smallest absolute Gasteiger partial charge is 0.392 e. The Morgan fingerprint density at radius 1 is 1.43 bits per heavy atom. The van der Waals surface area contributed by atoms with Crippen LogP contribution in [0, 0.1) is 17.7 Å². The summed E-state index contributed by atoms with van der Waals surface area (Å²) in [5.41, 5.74) is 0.183. The van der Waals surface area contributed by atoms with Crippen LogP contribution >= 0.6 is 0 Å². The Labute approximate surface area is 119 Å². The maximum Gasteiger partial charge on any atom is 0.392 e. The molecular weight excluding hydrogens is 290 g/mol. The van der Waals surface area contributed by atoms with Gasteiger partial charge in [-0.1, -0.05) is 6.92 Å². The van der Waals surface area contributed by atoms with E-state index in [1.54, 1.807) is 0 Å². The Hall–Kier alpha value is -1.79. The second-order valence-electron chi connectivity index (χ2n) is 5.16. The van der Waals surface area contributed by atoms with E-state index >= 15 is 0 Å². The molecule has 0 aromatic heterocycles. The molecule has 21 heavy (non-hydrogen) atoms. The summed E-state index contributed by atoms with van der Waals surface area (Å²) in [5, 5.41) is 2.57. The highest BCUT2D eigenvalue weighted by molar-refractivity contribution is 5.95. The fraction of sp³-hybridized carbons (Fsp3) is 0.500. The lowest BCUT2D eigenvalue weighted by molar-refractivity contribution is -0.139. The summed E-state index contributed by atoms with van der Waals surface area (Å²) in [7, 11) is 0. The minimum atomic E-state index is -4.35. The predicted molar refractivity (Wildman–Crippen MR) is 68.5 cm³/mol. The van der Waals surface area contributed by atoms with Crippen molar-refractivity contribution in [1.29, 1.82) is 0 Å². The zero-order valence-electron chi connectivity index (χ0n) is 11.3. The number of benzene rings is 1. The van der Waals surface area contributed by atoms with Crippen molar-refractivity contribution >= 4 is 11.6 Å². The van der Waals surface area contributed by atoms with E-state index in [-0.39, 0.29) is 23.3 Å². The van der Waals surface area contributed by atoms with E-state index in [0.29, 0.717) is 5.92 Å². The van der Waals surface area contributed by atoms with Crippen LogP contribution in [0.2, 0.25) is 0 Å². The summed E-state index contributed by atoms with van der Waals surface area (Å²) in [6, 6.07) is 3.36. The molecule has 3 nitrogen and oxygen atoms in total. The molecule has 1 aromatic rings. The van der Waals surface area contributed by atoms with Gasteiger partial charge < -0.3 is 10.1 Å². The van der Waals surface area contributed by atoms with E-state index in [4.69, 9.17) is 4.74 Å². The van der Waals surface area contributed by atoms with Gasteiger partial charge in [-0.3, -0.25) is 4.79 Å². The molecule has 0 unspecified atom stereocenters. The molecule has 0 heterocycles. The summed E-state index contributed by atoms with van der Waals surface area (Å²) in [6.07, 6.45) is -4.71. The molecule has 2 rings (SSSR count). The Morgan fingerprint density at radius 3 is 2.67 bits per heavy atom. The SMILES string of the molecule is C[C@H]1C[C@H]1C(=O)Nc1ccc(F)cc1OCCC(F)(F)F. The molecule has 1 N–H and O–H groups in total. The van der Waals surface area contributed by atoms with Crippen LogP contribution < -0.4 is 10.1 Å². The average Bonchev–Trinajstić information content (AvgIpc) is 3.08. The molecule has 0 spiro atoms. The van der Waals surface area contributed by atoms with Crippen LogP contribution in [0.1, 0.15) is 19.8 Å². The van der Waals surface area contributed by atoms with Gasteiger partial charge in [-0.25, -0.2) is 4.39 Å². The van der Waals surface area contributed by atoms with Crippen molar-refractivity contribution in [2.75, 3.05) is 11.9 Å². The fourth-order valence-corrected chi connectivity index (χ4v) is 1.91. The standard InChI is InChI=1S/C14H15F4NO2/c1-8-6-10(8)13(20)19-11-3-2-9(15)7-12(11)21-5-4-14(16,17)18/h2-3,7-8,10H,4-6H2,1H3,(H,19,20)/t8-,10+/m0/s1. The summed E-state index contributed by atoms with van der Waals surface area (Å²) in [4.78, 5) is 11.8. The molecule has 1 aromatic carbocycles. The van der Waals surface area contributed by atoms with Gasteiger partial charge >= 0.3 is 6.18 Å². The molecule has 116 valence electrons. The Morgan fingerprint density at radius 2 is 2.10 bits per heavy atom. The lowest BCUT2D eigenvalue weighted by atomic mass is 10.2. The van der Waals surface area contributed by atoms with Crippen molar-refractivity contribution in [3.63, 3.8) is 0 Å². The molecule has 1 fully saturated rings. The third-order valence-electron chi connectivity index (χ3n) is 3.29. The van der Waals surface area contributed by atoms with Crippen LogP contribution in [-0.4, -0.2) is 18.7 Å². The number of nitrogens with one attached hydrogen (secondary N) is 1. The highest BCUT2D eigenvalue weighted by Crippen LogP contribution is 2.39. The van der Waals surface area contributed by atoms with Crippen LogP contribution in [0.3, 0.4) is 0 Å². The summed E-state index contributed by atoms with van der Waals surface area (Å²) in [6.45, 7) is 1.30. The van der Waals surface area contributed by atoms with E-state index < -0.39 is 25.0 Å². The number of carbonyl (C=O) groups excluding carboxylic acids is 1. The number of hydrogen-bond donors (Lipinski definition) is 1. The predicted octanol–water partition coefficient (Wildman–Crippen LogP) is 3.75. The van der Waals surface area contributed by atoms with Crippen LogP contribution in [0.15, 0.2) is 18.2 Å². The number of amides is 1. The lowest BCUT2D eigenvalue weighted by Gasteiger charge is -2.13.